The highest BCUT2D eigenvalue weighted by Crippen LogP contribution is 2.25. The summed E-state index contributed by atoms with van der Waals surface area (Å²) in [5.74, 6) is 0.826. The van der Waals surface area contributed by atoms with Gasteiger partial charge >= 0.3 is 0 Å². The minimum Gasteiger partial charge on any atom is -0.497 e. The highest BCUT2D eigenvalue weighted by atomic mass is 16.5. The van der Waals surface area contributed by atoms with Crippen molar-refractivity contribution in [2.45, 2.75) is 33.0 Å². The fourth-order valence-corrected chi connectivity index (χ4v) is 3.49. The van der Waals surface area contributed by atoms with Crippen LogP contribution in [0.3, 0.4) is 0 Å². The molecule has 0 atom stereocenters. The number of fused-ring (bicyclic) bond motifs is 1. The number of nitrogens with zero attached hydrogens (tertiary/aromatic N) is 5. The fraction of sp³-hybridized carbons (Fsp3) is 0.350. The Bertz CT molecular complexity index is 959. The maximum Gasteiger partial charge on any atom is 0.272 e. The third-order valence-electron chi connectivity index (χ3n) is 4.90. The molecule has 0 bridgehead atoms. The van der Waals surface area contributed by atoms with E-state index >= 15 is 0 Å². The quantitative estimate of drug-likeness (QED) is 0.713. The van der Waals surface area contributed by atoms with Crippen molar-refractivity contribution in [3.63, 3.8) is 0 Å². The van der Waals surface area contributed by atoms with Crippen molar-refractivity contribution in [1.82, 2.24) is 24.5 Å². The van der Waals surface area contributed by atoms with Crippen molar-refractivity contribution < 1.29 is 9.53 Å². The molecule has 3 aromatic rings. The molecule has 0 radical (unpaired) electrons. The molecule has 0 fully saturated rings. The molecule has 1 aliphatic rings. The average molecular weight is 365 g/mol. The van der Waals surface area contributed by atoms with E-state index in [2.05, 4.69) is 11.2 Å². The number of benzene rings is 1. The SMILES string of the molecule is CCn1nccc1C(=O)N1CCCn2nc(-c3cccc(OC)c3)cc2C1. The number of ether oxygens (including phenoxy) is 1. The molecule has 1 aliphatic heterocycles. The Labute approximate surface area is 158 Å². The highest BCUT2D eigenvalue weighted by Gasteiger charge is 2.24. The second-order valence-corrected chi connectivity index (χ2v) is 6.59. The Hall–Kier alpha value is -3.09. The molecular formula is C20H23N5O2. The lowest BCUT2D eigenvalue weighted by Crippen LogP contribution is -2.32. The number of carbonyl (C=O) groups is 1. The number of methoxy groups -OCH3 is 1. The zero-order valence-corrected chi connectivity index (χ0v) is 15.6. The van der Waals surface area contributed by atoms with Crippen LogP contribution in [0, 0.1) is 0 Å². The first-order chi connectivity index (χ1) is 13.2. The van der Waals surface area contributed by atoms with Gasteiger partial charge in [-0.25, -0.2) is 0 Å². The first-order valence-electron chi connectivity index (χ1n) is 9.22. The summed E-state index contributed by atoms with van der Waals surface area (Å²) in [7, 11) is 1.66. The summed E-state index contributed by atoms with van der Waals surface area (Å²) in [6, 6.07) is 11.7. The number of hydrogen-bond donors (Lipinski definition) is 0. The molecule has 140 valence electrons. The van der Waals surface area contributed by atoms with Crippen LogP contribution in [0.1, 0.15) is 29.5 Å². The summed E-state index contributed by atoms with van der Waals surface area (Å²) < 4.78 is 9.07. The third kappa shape index (κ3) is 3.32. The molecule has 0 spiro atoms. The van der Waals surface area contributed by atoms with Gasteiger partial charge in [0.25, 0.3) is 5.91 Å². The van der Waals surface area contributed by atoms with Gasteiger partial charge in [-0.05, 0) is 37.6 Å². The molecule has 0 saturated heterocycles. The molecule has 4 rings (SSSR count). The van der Waals surface area contributed by atoms with Crippen molar-refractivity contribution in [2.24, 2.45) is 0 Å². The van der Waals surface area contributed by atoms with E-state index in [1.165, 1.54) is 0 Å². The van der Waals surface area contributed by atoms with Gasteiger partial charge in [0, 0.05) is 31.4 Å². The van der Waals surface area contributed by atoms with Gasteiger partial charge in [0.15, 0.2) is 0 Å². The van der Waals surface area contributed by atoms with Gasteiger partial charge in [-0.15, -0.1) is 0 Å². The number of aromatic nitrogens is 4. The first-order valence-corrected chi connectivity index (χ1v) is 9.22. The van der Waals surface area contributed by atoms with E-state index in [4.69, 9.17) is 9.84 Å². The van der Waals surface area contributed by atoms with E-state index in [1.807, 2.05) is 40.8 Å². The lowest BCUT2D eigenvalue weighted by atomic mass is 10.1. The van der Waals surface area contributed by atoms with Crippen LogP contribution in [-0.2, 0) is 19.6 Å². The summed E-state index contributed by atoms with van der Waals surface area (Å²) in [5.41, 5.74) is 3.59. The summed E-state index contributed by atoms with van der Waals surface area (Å²) in [4.78, 5) is 14.9. The van der Waals surface area contributed by atoms with Gasteiger partial charge in [0.1, 0.15) is 11.4 Å². The molecule has 3 heterocycles. The Morgan fingerprint density at radius 1 is 1.22 bits per heavy atom. The number of carbonyl (C=O) groups excluding carboxylic acids is 1. The van der Waals surface area contributed by atoms with Gasteiger partial charge < -0.3 is 9.64 Å². The Morgan fingerprint density at radius 2 is 2.11 bits per heavy atom. The lowest BCUT2D eigenvalue weighted by Gasteiger charge is -2.20. The van der Waals surface area contributed by atoms with E-state index in [1.54, 1.807) is 24.1 Å². The van der Waals surface area contributed by atoms with Crippen LogP contribution >= 0.6 is 0 Å². The monoisotopic (exact) mass is 365 g/mol. The van der Waals surface area contributed by atoms with Gasteiger partial charge in [-0.3, -0.25) is 14.2 Å². The van der Waals surface area contributed by atoms with Crippen molar-refractivity contribution in [1.29, 1.82) is 0 Å². The van der Waals surface area contributed by atoms with Crippen molar-refractivity contribution >= 4 is 5.91 Å². The molecule has 2 aromatic heterocycles. The molecule has 0 N–H and O–H groups in total. The summed E-state index contributed by atoms with van der Waals surface area (Å²) in [6.07, 6.45) is 2.55. The minimum atomic E-state index is 0.0203. The maximum absolute atomic E-state index is 13.0. The Kier molecular flexibility index (Phi) is 4.66. The van der Waals surface area contributed by atoms with Gasteiger partial charge in [0.2, 0.25) is 0 Å². The van der Waals surface area contributed by atoms with Gasteiger partial charge in [-0.2, -0.15) is 10.2 Å². The van der Waals surface area contributed by atoms with Crippen LogP contribution in [0.5, 0.6) is 5.75 Å². The van der Waals surface area contributed by atoms with Crippen LogP contribution in [0.25, 0.3) is 11.3 Å². The molecule has 7 heteroatoms. The minimum absolute atomic E-state index is 0.0203. The standard InChI is InChI=1S/C20H23N5O2/c1-3-24-19(8-9-21-24)20(26)23-10-5-11-25-16(14-23)13-18(22-25)15-6-4-7-17(12-15)27-2/h4,6-9,12-13H,3,5,10-11,14H2,1-2H3. The molecule has 27 heavy (non-hydrogen) atoms. The van der Waals surface area contributed by atoms with Crippen LogP contribution in [0.4, 0.5) is 0 Å². The average Bonchev–Trinajstić information content (AvgIpc) is 3.29. The van der Waals surface area contributed by atoms with E-state index in [-0.39, 0.29) is 5.91 Å². The van der Waals surface area contributed by atoms with E-state index in [0.29, 0.717) is 25.3 Å². The number of hydrogen-bond acceptors (Lipinski definition) is 4. The molecular weight excluding hydrogens is 342 g/mol. The topological polar surface area (TPSA) is 65.2 Å². The fourth-order valence-electron chi connectivity index (χ4n) is 3.49. The molecule has 1 amide bonds. The third-order valence-corrected chi connectivity index (χ3v) is 4.90. The zero-order valence-electron chi connectivity index (χ0n) is 15.6. The smallest absolute Gasteiger partial charge is 0.272 e. The molecule has 0 aliphatic carbocycles. The van der Waals surface area contributed by atoms with Crippen molar-refractivity contribution in [3.05, 3.63) is 54.0 Å². The van der Waals surface area contributed by atoms with Gasteiger partial charge in [-0.1, -0.05) is 12.1 Å². The van der Waals surface area contributed by atoms with Crippen LogP contribution in [-0.4, -0.2) is 44.0 Å². The second-order valence-electron chi connectivity index (χ2n) is 6.59. The molecule has 1 aromatic carbocycles. The summed E-state index contributed by atoms with van der Waals surface area (Å²) >= 11 is 0. The lowest BCUT2D eigenvalue weighted by molar-refractivity contribution is 0.0733. The van der Waals surface area contributed by atoms with Crippen molar-refractivity contribution in [2.75, 3.05) is 13.7 Å². The van der Waals surface area contributed by atoms with E-state index < -0.39 is 0 Å². The second kappa shape index (κ2) is 7.26. The molecule has 0 saturated carbocycles. The normalized spacial score (nSPS) is 13.9. The highest BCUT2D eigenvalue weighted by molar-refractivity contribution is 5.92. The summed E-state index contributed by atoms with van der Waals surface area (Å²) in [6.45, 7) is 4.73. The number of aryl methyl sites for hydroxylation is 2. The van der Waals surface area contributed by atoms with Crippen molar-refractivity contribution in [3.8, 4) is 17.0 Å². The number of amides is 1. The van der Waals surface area contributed by atoms with Crippen LogP contribution in [0.15, 0.2) is 42.6 Å². The van der Waals surface area contributed by atoms with Crippen LogP contribution < -0.4 is 4.74 Å². The van der Waals surface area contributed by atoms with E-state index in [0.717, 1.165) is 35.7 Å². The predicted octanol–water partition coefficient (Wildman–Crippen LogP) is 2.82. The predicted molar refractivity (Wildman–Crippen MR) is 101 cm³/mol. The Morgan fingerprint density at radius 3 is 2.93 bits per heavy atom. The van der Waals surface area contributed by atoms with Gasteiger partial charge in [0.05, 0.1) is 25.0 Å². The van der Waals surface area contributed by atoms with E-state index in [9.17, 15) is 4.79 Å². The first kappa shape index (κ1) is 17.3. The maximum atomic E-state index is 13.0. The largest absolute Gasteiger partial charge is 0.497 e. The molecule has 0 unspecified atom stereocenters. The Balaban J connectivity index is 1.61. The summed E-state index contributed by atoms with van der Waals surface area (Å²) in [5, 5.41) is 8.97. The number of rotatable bonds is 4. The molecule has 7 nitrogen and oxygen atoms in total. The zero-order chi connectivity index (χ0) is 18.8. The van der Waals surface area contributed by atoms with Crippen LogP contribution in [0.2, 0.25) is 0 Å².